The predicted octanol–water partition coefficient (Wildman–Crippen LogP) is 3.71. The van der Waals surface area contributed by atoms with Crippen molar-refractivity contribution in [3.05, 3.63) is 58.4 Å². The number of sulfonamides is 1. The van der Waals surface area contributed by atoms with Gasteiger partial charge in [-0.15, -0.1) is 0 Å². The maximum absolute atomic E-state index is 14.9. The molecule has 0 radical (unpaired) electrons. The van der Waals surface area contributed by atoms with Crippen LogP contribution in [-0.2, 0) is 10.0 Å². The van der Waals surface area contributed by atoms with Crippen LogP contribution in [0.4, 0.5) is 10.1 Å². The Morgan fingerprint density at radius 2 is 1.87 bits per heavy atom. The van der Waals surface area contributed by atoms with E-state index < -0.39 is 31.7 Å². The molecule has 2 aromatic carbocycles. The molecule has 0 aliphatic carbocycles. The first-order chi connectivity index (χ1) is 14.2. The number of amides is 1. The SMILES string of the molecule is Cc1ccccc1C(=O)Nc1ccc(S(=O)(=O)N[C@H](C)C2CCNCC2)c(F)c1Cl. The highest BCUT2D eigenvalue weighted by atomic mass is 35.5. The van der Waals surface area contributed by atoms with Crippen molar-refractivity contribution >= 4 is 33.2 Å². The zero-order valence-electron chi connectivity index (χ0n) is 16.8. The second kappa shape index (κ2) is 9.43. The Labute approximate surface area is 181 Å². The lowest BCUT2D eigenvalue weighted by atomic mass is 9.92. The Kier molecular flexibility index (Phi) is 7.13. The molecule has 1 aliphatic rings. The molecule has 1 saturated heterocycles. The molecule has 0 spiro atoms. The normalized spacial score (nSPS) is 16.3. The summed E-state index contributed by atoms with van der Waals surface area (Å²) in [6.07, 6.45) is 1.69. The van der Waals surface area contributed by atoms with E-state index in [0.717, 1.165) is 37.6 Å². The standard InChI is InChI=1S/C21H25ClFN3O3S/c1-13-5-3-4-6-16(13)21(27)25-17-7-8-18(20(23)19(17)22)30(28,29)26-14(2)15-9-11-24-12-10-15/h3-8,14-15,24,26H,9-12H2,1-2H3,(H,25,27)/t14-/m1/s1. The lowest BCUT2D eigenvalue weighted by Gasteiger charge is -2.28. The lowest BCUT2D eigenvalue weighted by molar-refractivity contribution is 0.102. The van der Waals surface area contributed by atoms with E-state index in [-0.39, 0.29) is 17.6 Å². The second-order valence-corrected chi connectivity index (χ2v) is 9.57. The van der Waals surface area contributed by atoms with Crippen LogP contribution in [0.1, 0.15) is 35.7 Å². The van der Waals surface area contributed by atoms with Crippen molar-refractivity contribution in [2.75, 3.05) is 18.4 Å². The largest absolute Gasteiger partial charge is 0.321 e. The number of nitrogens with one attached hydrogen (secondary N) is 3. The molecule has 30 heavy (non-hydrogen) atoms. The van der Waals surface area contributed by atoms with E-state index in [9.17, 15) is 17.6 Å². The molecule has 0 unspecified atom stereocenters. The minimum Gasteiger partial charge on any atom is -0.321 e. The van der Waals surface area contributed by atoms with Gasteiger partial charge in [-0.05, 0) is 69.5 Å². The third kappa shape index (κ3) is 5.00. The highest BCUT2D eigenvalue weighted by Crippen LogP contribution is 2.31. The van der Waals surface area contributed by atoms with Crippen molar-refractivity contribution in [1.29, 1.82) is 0 Å². The Bertz CT molecular complexity index is 1040. The molecule has 9 heteroatoms. The number of anilines is 1. The van der Waals surface area contributed by atoms with Crippen molar-refractivity contribution in [2.24, 2.45) is 5.92 Å². The first-order valence-electron chi connectivity index (χ1n) is 9.78. The van der Waals surface area contributed by atoms with E-state index in [4.69, 9.17) is 11.6 Å². The number of hydrogen-bond acceptors (Lipinski definition) is 4. The summed E-state index contributed by atoms with van der Waals surface area (Å²) < 4.78 is 42.9. The van der Waals surface area contributed by atoms with Gasteiger partial charge in [-0.1, -0.05) is 29.8 Å². The zero-order valence-corrected chi connectivity index (χ0v) is 18.4. The Hall–Kier alpha value is -2.00. The fraction of sp³-hybridized carbons (Fsp3) is 0.381. The fourth-order valence-electron chi connectivity index (χ4n) is 3.60. The average molecular weight is 454 g/mol. The van der Waals surface area contributed by atoms with Gasteiger partial charge in [0.2, 0.25) is 10.0 Å². The highest BCUT2D eigenvalue weighted by molar-refractivity contribution is 7.89. The van der Waals surface area contributed by atoms with Gasteiger partial charge in [-0.3, -0.25) is 4.79 Å². The molecule has 6 nitrogen and oxygen atoms in total. The zero-order chi connectivity index (χ0) is 21.9. The topological polar surface area (TPSA) is 87.3 Å². The number of benzene rings is 2. The molecule has 0 aromatic heterocycles. The average Bonchev–Trinajstić information content (AvgIpc) is 2.72. The number of hydrogen-bond donors (Lipinski definition) is 3. The summed E-state index contributed by atoms with van der Waals surface area (Å²) in [5.74, 6) is -1.38. The van der Waals surface area contributed by atoms with E-state index in [1.54, 1.807) is 38.1 Å². The maximum Gasteiger partial charge on any atom is 0.255 e. The van der Waals surface area contributed by atoms with Crippen molar-refractivity contribution in [3.63, 3.8) is 0 Å². The van der Waals surface area contributed by atoms with E-state index >= 15 is 0 Å². The number of carbonyl (C=O) groups excluding carboxylic acids is 1. The summed E-state index contributed by atoms with van der Waals surface area (Å²) in [6.45, 7) is 5.21. The van der Waals surface area contributed by atoms with E-state index in [1.165, 1.54) is 6.07 Å². The molecule has 1 heterocycles. The van der Waals surface area contributed by atoms with Crippen LogP contribution in [0.25, 0.3) is 0 Å². The van der Waals surface area contributed by atoms with Gasteiger partial charge in [0.05, 0.1) is 5.69 Å². The summed E-state index contributed by atoms with van der Waals surface area (Å²) >= 11 is 6.07. The molecule has 3 N–H and O–H groups in total. The molecule has 0 bridgehead atoms. The molecule has 1 atom stereocenters. The lowest BCUT2D eigenvalue weighted by Crippen LogP contribution is -2.42. The van der Waals surface area contributed by atoms with Gasteiger partial charge in [0.15, 0.2) is 5.82 Å². The summed E-state index contributed by atoms with van der Waals surface area (Å²) in [5.41, 5.74) is 1.18. The van der Waals surface area contributed by atoms with Crippen molar-refractivity contribution in [3.8, 4) is 0 Å². The highest BCUT2D eigenvalue weighted by Gasteiger charge is 2.28. The number of piperidine rings is 1. The predicted molar refractivity (Wildman–Crippen MR) is 116 cm³/mol. The van der Waals surface area contributed by atoms with Crippen LogP contribution in [0.5, 0.6) is 0 Å². The van der Waals surface area contributed by atoms with Crippen LogP contribution in [0.3, 0.4) is 0 Å². The van der Waals surface area contributed by atoms with Crippen LogP contribution in [0.2, 0.25) is 5.02 Å². The molecule has 1 amide bonds. The first-order valence-corrected chi connectivity index (χ1v) is 11.6. The molecule has 162 valence electrons. The third-order valence-electron chi connectivity index (χ3n) is 5.41. The monoisotopic (exact) mass is 453 g/mol. The van der Waals surface area contributed by atoms with Gasteiger partial charge in [0.1, 0.15) is 9.92 Å². The number of aryl methyl sites for hydroxylation is 1. The Balaban J connectivity index is 1.79. The molecule has 0 saturated carbocycles. The summed E-state index contributed by atoms with van der Waals surface area (Å²) in [4.78, 5) is 11.9. The summed E-state index contributed by atoms with van der Waals surface area (Å²) in [7, 11) is -4.11. The van der Waals surface area contributed by atoms with E-state index in [0.29, 0.717) is 5.56 Å². The van der Waals surface area contributed by atoms with Crippen LogP contribution in [0.15, 0.2) is 41.3 Å². The minimum absolute atomic E-state index is 0.00720. The van der Waals surface area contributed by atoms with Crippen molar-refractivity contribution < 1.29 is 17.6 Å². The minimum atomic E-state index is -4.11. The molecule has 1 fully saturated rings. The summed E-state index contributed by atoms with van der Waals surface area (Å²) in [6, 6.07) is 9.01. The van der Waals surface area contributed by atoms with E-state index in [1.807, 2.05) is 0 Å². The molecule has 2 aromatic rings. The van der Waals surface area contributed by atoms with Gasteiger partial charge in [0, 0.05) is 11.6 Å². The van der Waals surface area contributed by atoms with Gasteiger partial charge >= 0.3 is 0 Å². The molecule has 1 aliphatic heterocycles. The van der Waals surface area contributed by atoms with Crippen molar-refractivity contribution in [2.45, 2.75) is 37.6 Å². The second-order valence-electron chi connectivity index (χ2n) is 7.51. The Morgan fingerprint density at radius 3 is 2.53 bits per heavy atom. The first kappa shape index (κ1) is 22.7. The van der Waals surface area contributed by atoms with Crippen LogP contribution >= 0.6 is 11.6 Å². The van der Waals surface area contributed by atoms with Crippen LogP contribution < -0.4 is 15.4 Å². The smallest absolute Gasteiger partial charge is 0.255 e. The van der Waals surface area contributed by atoms with Crippen LogP contribution in [0, 0.1) is 18.7 Å². The van der Waals surface area contributed by atoms with Gasteiger partial charge in [-0.2, -0.15) is 0 Å². The van der Waals surface area contributed by atoms with E-state index in [2.05, 4.69) is 15.4 Å². The molecular formula is C21H25ClFN3O3S. The van der Waals surface area contributed by atoms with Gasteiger partial charge < -0.3 is 10.6 Å². The Morgan fingerprint density at radius 1 is 1.20 bits per heavy atom. The van der Waals surface area contributed by atoms with Crippen LogP contribution in [-0.4, -0.2) is 33.5 Å². The van der Waals surface area contributed by atoms with Crippen molar-refractivity contribution in [1.82, 2.24) is 10.0 Å². The number of carbonyl (C=O) groups is 1. The maximum atomic E-state index is 14.9. The van der Waals surface area contributed by atoms with Gasteiger partial charge in [0.25, 0.3) is 5.91 Å². The molecule has 3 rings (SSSR count). The quantitative estimate of drug-likeness (QED) is 0.622. The number of halogens is 2. The molecular weight excluding hydrogens is 429 g/mol. The number of rotatable bonds is 6. The summed E-state index contributed by atoms with van der Waals surface area (Å²) in [5, 5.41) is 5.33. The van der Waals surface area contributed by atoms with Gasteiger partial charge in [-0.25, -0.2) is 17.5 Å². The third-order valence-corrected chi connectivity index (χ3v) is 7.35. The fourth-order valence-corrected chi connectivity index (χ4v) is 5.26.